The molecule has 0 aromatic carbocycles. The maximum atomic E-state index is 4.14. The van der Waals surface area contributed by atoms with Crippen LogP contribution in [-0.4, -0.2) is 15.0 Å². The SMILES string of the molecule is CC(C)Cc1cc2cncnc2[nH]1. The third-order valence-electron chi connectivity index (χ3n) is 1.98. The Bertz CT molecular complexity index is 370. The second kappa shape index (κ2) is 3.17. The van der Waals surface area contributed by atoms with Crippen LogP contribution >= 0.6 is 0 Å². The van der Waals surface area contributed by atoms with E-state index in [1.807, 2.05) is 6.20 Å². The number of hydrogen-bond donors (Lipinski definition) is 1. The fourth-order valence-electron chi connectivity index (χ4n) is 1.48. The van der Waals surface area contributed by atoms with Crippen molar-refractivity contribution in [1.29, 1.82) is 0 Å². The van der Waals surface area contributed by atoms with Crippen molar-refractivity contribution in [2.75, 3.05) is 0 Å². The van der Waals surface area contributed by atoms with E-state index in [1.54, 1.807) is 6.33 Å². The minimum Gasteiger partial charge on any atom is -0.343 e. The van der Waals surface area contributed by atoms with E-state index >= 15 is 0 Å². The Kier molecular flexibility index (Phi) is 2.00. The standard InChI is InChI=1S/C10H13N3/c1-7(2)3-9-4-8-5-11-6-12-10(8)13-9/h4-7H,3H2,1-2H3,(H,11,12,13). The molecule has 2 aromatic rings. The fourth-order valence-corrected chi connectivity index (χ4v) is 1.48. The first kappa shape index (κ1) is 8.23. The molecule has 0 atom stereocenters. The molecule has 0 unspecified atom stereocenters. The average Bonchev–Trinajstić information content (AvgIpc) is 2.44. The van der Waals surface area contributed by atoms with Gasteiger partial charge >= 0.3 is 0 Å². The van der Waals surface area contributed by atoms with Crippen LogP contribution in [0.3, 0.4) is 0 Å². The first-order chi connectivity index (χ1) is 6.25. The Morgan fingerprint density at radius 2 is 2.31 bits per heavy atom. The van der Waals surface area contributed by atoms with Crippen molar-refractivity contribution in [3.63, 3.8) is 0 Å². The van der Waals surface area contributed by atoms with Gasteiger partial charge in [0.25, 0.3) is 0 Å². The number of H-pyrrole nitrogens is 1. The average molecular weight is 175 g/mol. The maximum absolute atomic E-state index is 4.14. The molecule has 68 valence electrons. The van der Waals surface area contributed by atoms with E-state index in [2.05, 4.69) is 34.9 Å². The summed E-state index contributed by atoms with van der Waals surface area (Å²) in [7, 11) is 0. The zero-order valence-corrected chi connectivity index (χ0v) is 7.91. The topological polar surface area (TPSA) is 41.6 Å². The number of aromatic nitrogens is 3. The van der Waals surface area contributed by atoms with Crippen molar-refractivity contribution < 1.29 is 0 Å². The molecule has 2 aromatic heterocycles. The molecule has 0 bridgehead atoms. The molecular formula is C10H13N3. The zero-order valence-electron chi connectivity index (χ0n) is 7.91. The first-order valence-electron chi connectivity index (χ1n) is 4.53. The van der Waals surface area contributed by atoms with Crippen LogP contribution in [0.15, 0.2) is 18.6 Å². The lowest BCUT2D eigenvalue weighted by molar-refractivity contribution is 0.638. The largest absolute Gasteiger partial charge is 0.343 e. The Labute approximate surface area is 77.2 Å². The van der Waals surface area contributed by atoms with Crippen LogP contribution in [-0.2, 0) is 6.42 Å². The fraction of sp³-hybridized carbons (Fsp3) is 0.400. The Morgan fingerprint density at radius 3 is 3.00 bits per heavy atom. The van der Waals surface area contributed by atoms with Gasteiger partial charge in [-0.3, -0.25) is 0 Å². The number of fused-ring (bicyclic) bond motifs is 1. The molecule has 0 spiro atoms. The van der Waals surface area contributed by atoms with Crippen LogP contribution in [0.5, 0.6) is 0 Å². The van der Waals surface area contributed by atoms with Gasteiger partial charge in [0, 0.05) is 17.3 Å². The van der Waals surface area contributed by atoms with Crippen LogP contribution in [0.4, 0.5) is 0 Å². The third-order valence-corrected chi connectivity index (χ3v) is 1.98. The molecule has 3 nitrogen and oxygen atoms in total. The summed E-state index contributed by atoms with van der Waals surface area (Å²) in [5, 5.41) is 1.10. The molecule has 13 heavy (non-hydrogen) atoms. The second-order valence-electron chi connectivity index (χ2n) is 3.72. The van der Waals surface area contributed by atoms with Crippen LogP contribution in [0.2, 0.25) is 0 Å². The summed E-state index contributed by atoms with van der Waals surface area (Å²) in [5.41, 5.74) is 2.18. The molecular weight excluding hydrogens is 162 g/mol. The van der Waals surface area contributed by atoms with Gasteiger partial charge in [-0.05, 0) is 18.4 Å². The number of nitrogens with zero attached hydrogens (tertiary/aromatic N) is 2. The lowest BCUT2D eigenvalue weighted by atomic mass is 10.1. The molecule has 0 aliphatic carbocycles. The quantitative estimate of drug-likeness (QED) is 0.759. The predicted molar refractivity (Wildman–Crippen MR) is 52.4 cm³/mol. The normalized spacial score (nSPS) is 11.3. The Morgan fingerprint density at radius 1 is 1.46 bits per heavy atom. The minimum atomic E-state index is 0.668. The first-order valence-corrected chi connectivity index (χ1v) is 4.53. The van der Waals surface area contributed by atoms with Gasteiger partial charge in [-0.1, -0.05) is 13.8 Å². The highest BCUT2D eigenvalue weighted by Crippen LogP contribution is 2.13. The van der Waals surface area contributed by atoms with Gasteiger partial charge in [-0.15, -0.1) is 0 Å². The highest BCUT2D eigenvalue weighted by molar-refractivity contribution is 5.75. The van der Waals surface area contributed by atoms with Gasteiger partial charge in [-0.2, -0.15) is 0 Å². The van der Waals surface area contributed by atoms with E-state index in [-0.39, 0.29) is 0 Å². The molecule has 0 amide bonds. The summed E-state index contributed by atoms with van der Waals surface area (Å²) in [6.45, 7) is 4.41. The van der Waals surface area contributed by atoms with E-state index in [9.17, 15) is 0 Å². The highest BCUT2D eigenvalue weighted by atomic mass is 14.9. The van der Waals surface area contributed by atoms with Crippen molar-refractivity contribution in [3.05, 3.63) is 24.3 Å². The summed E-state index contributed by atoms with van der Waals surface area (Å²) in [6, 6.07) is 2.12. The Hall–Kier alpha value is -1.38. The zero-order chi connectivity index (χ0) is 9.26. The molecule has 2 rings (SSSR count). The molecule has 0 radical (unpaired) electrons. The Balaban J connectivity index is 2.38. The van der Waals surface area contributed by atoms with Gasteiger partial charge in [0.05, 0.1) is 0 Å². The van der Waals surface area contributed by atoms with Crippen LogP contribution in [0.25, 0.3) is 11.0 Å². The summed E-state index contributed by atoms with van der Waals surface area (Å²) in [4.78, 5) is 11.4. The summed E-state index contributed by atoms with van der Waals surface area (Å²) in [5.74, 6) is 0.668. The molecule has 0 fully saturated rings. The second-order valence-corrected chi connectivity index (χ2v) is 3.72. The van der Waals surface area contributed by atoms with E-state index < -0.39 is 0 Å². The smallest absolute Gasteiger partial charge is 0.140 e. The van der Waals surface area contributed by atoms with Crippen molar-refractivity contribution in [3.8, 4) is 0 Å². The molecule has 0 saturated heterocycles. The van der Waals surface area contributed by atoms with E-state index in [0.29, 0.717) is 5.92 Å². The van der Waals surface area contributed by atoms with Crippen LogP contribution in [0, 0.1) is 5.92 Å². The van der Waals surface area contributed by atoms with Gasteiger partial charge in [0.1, 0.15) is 12.0 Å². The lowest BCUT2D eigenvalue weighted by Crippen LogP contribution is -1.93. The van der Waals surface area contributed by atoms with Crippen molar-refractivity contribution in [2.24, 2.45) is 5.92 Å². The van der Waals surface area contributed by atoms with Crippen molar-refractivity contribution in [2.45, 2.75) is 20.3 Å². The number of aromatic amines is 1. The molecule has 2 heterocycles. The summed E-state index contributed by atoms with van der Waals surface area (Å²) < 4.78 is 0. The van der Waals surface area contributed by atoms with Gasteiger partial charge in [-0.25, -0.2) is 9.97 Å². The maximum Gasteiger partial charge on any atom is 0.140 e. The highest BCUT2D eigenvalue weighted by Gasteiger charge is 2.02. The lowest BCUT2D eigenvalue weighted by Gasteiger charge is -1.99. The number of nitrogens with one attached hydrogen (secondary N) is 1. The van der Waals surface area contributed by atoms with Crippen molar-refractivity contribution in [1.82, 2.24) is 15.0 Å². The van der Waals surface area contributed by atoms with E-state index in [1.165, 1.54) is 5.69 Å². The van der Waals surface area contributed by atoms with E-state index in [4.69, 9.17) is 0 Å². The molecule has 0 saturated carbocycles. The third kappa shape index (κ3) is 1.69. The monoisotopic (exact) mass is 175 g/mol. The van der Waals surface area contributed by atoms with Crippen LogP contribution in [0.1, 0.15) is 19.5 Å². The molecule has 0 aliphatic rings. The number of hydrogen-bond acceptors (Lipinski definition) is 2. The van der Waals surface area contributed by atoms with E-state index in [0.717, 1.165) is 17.5 Å². The van der Waals surface area contributed by atoms with Gasteiger partial charge in [0.2, 0.25) is 0 Å². The predicted octanol–water partition coefficient (Wildman–Crippen LogP) is 2.16. The molecule has 3 heteroatoms. The van der Waals surface area contributed by atoms with Crippen LogP contribution < -0.4 is 0 Å². The van der Waals surface area contributed by atoms with Crippen molar-refractivity contribution >= 4 is 11.0 Å². The van der Waals surface area contributed by atoms with Gasteiger partial charge in [0.15, 0.2) is 0 Å². The summed E-state index contributed by atoms with van der Waals surface area (Å²) >= 11 is 0. The molecule has 0 aliphatic heterocycles. The number of rotatable bonds is 2. The molecule has 1 N–H and O–H groups in total. The summed E-state index contributed by atoms with van der Waals surface area (Å²) in [6.07, 6.45) is 4.47. The minimum absolute atomic E-state index is 0.668. The van der Waals surface area contributed by atoms with Gasteiger partial charge < -0.3 is 4.98 Å².